The summed E-state index contributed by atoms with van der Waals surface area (Å²) in [6.45, 7) is 11.5. The van der Waals surface area contributed by atoms with Crippen LogP contribution in [0.5, 0.6) is 0 Å². The average Bonchev–Trinajstić information content (AvgIpc) is 3.60. The molecule has 0 unspecified atom stereocenters. The molecule has 0 radical (unpaired) electrons. The quantitative estimate of drug-likeness (QED) is 0.159. The van der Waals surface area contributed by atoms with Crippen LogP contribution in [0.1, 0.15) is 32.8 Å². The number of aromatic amines is 2. The maximum absolute atomic E-state index is 14.7. The predicted molar refractivity (Wildman–Crippen MR) is 177 cm³/mol. The third-order valence-corrected chi connectivity index (χ3v) is 7.78. The van der Waals surface area contributed by atoms with E-state index in [2.05, 4.69) is 68.8 Å². The van der Waals surface area contributed by atoms with Crippen LogP contribution >= 0.6 is 0 Å². The van der Waals surface area contributed by atoms with Crippen LogP contribution in [0, 0.1) is 11.2 Å². The molecule has 0 aliphatic rings. The molecule has 0 saturated heterocycles. The van der Waals surface area contributed by atoms with Gasteiger partial charge in [0.25, 0.3) is 0 Å². The molecule has 1 aromatic carbocycles. The number of nitrogens with one attached hydrogen (secondary N) is 3. The van der Waals surface area contributed by atoms with Gasteiger partial charge in [-0.15, -0.1) is 0 Å². The van der Waals surface area contributed by atoms with Crippen molar-refractivity contribution in [2.75, 3.05) is 26.0 Å². The molecular formula is C35H37FN8. The second kappa shape index (κ2) is 11.7. The lowest BCUT2D eigenvalue weighted by Crippen LogP contribution is -2.15. The molecule has 6 rings (SSSR count). The minimum absolute atomic E-state index is 0.0866. The van der Waals surface area contributed by atoms with Crippen LogP contribution in [0.25, 0.3) is 55.7 Å². The highest BCUT2D eigenvalue weighted by Crippen LogP contribution is 2.35. The van der Waals surface area contributed by atoms with Crippen molar-refractivity contribution in [3.05, 3.63) is 90.9 Å². The van der Waals surface area contributed by atoms with E-state index in [-0.39, 0.29) is 11.2 Å². The van der Waals surface area contributed by atoms with Gasteiger partial charge in [-0.25, -0.2) is 9.37 Å². The predicted octanol–water partition coefficient (Wildman–Crippen LogP) is 7.84. The lowest BCUT2D eigenvalue weighted by molar-refractivity contribution is 0.400. The van der Waals surface area contributed by atoms with E-state index in [9.17, 15) is 4.39 Å². The van der Waals surface area contributed by atoms with Gasteiger partial charge in [-0.1, -0.05) is 33.4 Å². The molecule has 0 spiro atoms. The van der Waals surface area contributed by atoms with Gasteiger partial charge in [-0.05, 0) is 81.0 Å². The van der Waals surface area contributed by atoms with Crippen LogP contribution in [-0.2, 0) is 6.42 Å². The molecule has 0 amide bonds. The van der Waals surface area contributed by atoms with Gasteiger partial charge in [0.2, 0.25) is 0 Å². The summed E-state index contributed by atoms with van der Waals surface area (Å²) < 4.78 is 14.7. The second-order valence-corrected chi connectivity index (χ2v) is 12.6. The smallest absolute Gasteiger partial charge is 0.135 e. The number of allylic oxidation sites excluding steroid dienone is 1. The summed E-state index contributed by atoms with van der Waals surface area (Å²) in [5, 5.41) is 12.0. The molecule has 0 aliphatic heterocycles. The first kappa shape index (κ1) is 29.2. The number of pyridine rings is 3. The maximum Gasteiger partial charge on any atom is 0.135 e. The first-order chi connectivity index (χ1) is 21.0. The van der Waals surface area contributed by atoms with Gasteiger partial charge >= 0.3 is 0 Å². The summed E-state index contributed by atoms with van der Waals surface area (Å²) in [6.07, 6.45) is 8.91. The molecule has 44 heavy (non-hydrogen) atoms. The van der Waals surface area contributed by atoms with Crippen LogP contribution in [0.4, 0.5) is 10.1 Å². The lowest BCUT2D eigenvalue weighted by Gasteiger charge is -2.23. The minimum Gasteiger partial charge on any atom is -0.358 e. The Hall–Kier alpha value is -4.89. The van der Waals surface area contributed by atoms with E-state index in [0.717, 1.165) is 86.3 Å². The van der Waals surface area contributed by atoms with Crippen molar-refractivity contribution in [1.82, 2.24) is 35.0 Å². The van der Waals surface area contributed by atoms with E-state index in [1.807, 2.05) is 38.4 Å². The molecule has 9 heteroatoms. The molecule has 8 nitrogen and oxygen atoms in total. The summed E-state index contributed by atoms with van der Waals surface area (Å²) in [7, 11) is 4.09. The van der Waals surface area contributed by atoms with Crippen molar-refractivity contribution in [3.8, 4) is 33.8 Å². The zero-order chi connectivity index (χ0) is 31.0. The fourth-order valence-electron chi connectivity index (χ4n) is 5.22. The normalized spacial score (nSPS) is 12.0. The van der Waals surface area contributed by atoms with Crippen LogP contribution in [0.3, 0.4) is 0 Å². The largest absolute Gasteiger partial charge is 0.358 e. The third-order valence-electron chi connectivity index (χ3n) is 7.78. The fourth-order valence-corrected chi connectivity index (χ4v) is 5.22. The molecule has 5 aromatic heterocycles. The van der Waals surface area contributed by atoms with Gasteiger partial charge in [0.15, 0.2) is 0 Å². The molecule has 0 aliphatic carbocycles. The van der Waals surface area contributed by atoms with Gasteiger partial charge in [-0.3, -0.25) is 15.1 Å². The summed E-state index contributed by atoms with van der Waals surface area (Å²) in [5.74, 6) is -0.249. The number of H-pyrrole nitrogens is 2. The number of aryl methyl sites for hydroxylation is 1. The molecule has 6 aromatic rings. The molecule has 0 fully saturated rings. The Labute approximate surface area is 256 Å². The Morgan fingerprint density at radius 1 is 0.955 bits per heavy atom. The second-order valence-electron chi connectivity index (χ2n) is 12.6. The molecule has 0 bridgehead atoms. The van der Waals surface area contributed by atoms with E-state index < -0.39 is 0 Å². The highest BCUT2D eigenvalue weighted by atomic mass is 19.1. The molecule has 0 saturated carbocycles. The number of rotatable bonds is 9. The van der Waals surface area contributed by atoms with Crippen molar-refractivity contribution in [2.45, 2.75) is 33.6 Å². The van der Waals surface area contributed by atoms with E-state index in [4.69, 9.17) is 4.98 Å². The number of benzene rings is 1. The topological polar surface area (TPSA) is 98.4 Å². The number of hydrogen-bond donors (Lipinski definition) is 3. The van der Waals surface area contributed by atoms with Gasteiger partial charge in [0.05, 0.1) is 40.5 Å². The molecule has 0 atom stereocenters. The Kier molecular flexibility index (Phi) is 7.73. The van der Waals surface area contributed by atoms with Gasteiger partial charge in [0, 0.05) is 40.0 Å². The van der Waals surface area contributed by atoms with Crippen LogP contribution in [-0.4, -0.2) is 55.7 Å². The van der Waals surface area contributed by atoms with Crippen LogP contribution in [0.2, 0.25) is 0 Å². The van der Waals surface area contributed by atoms with Gasteiger partial charge < -0.3 is 15.2 Å². The fraction of sp³-hybridized carbons (Fsp3) is 0.257. The summed E-state index contributed by atoms with van der Waals surface area (Å²) in [5.41, 5.74) is 9.83. The van der Waals surface area contributed by atoms with Crippen molar-refractivity contribution in [2.24, 2.45) is 5.41 Å². The first-order valence-corrected chi connectivity index (χ1v) is 14.7. The van der Waals surface area contributed by atoms with Crippen molar-refractivity contribution >= 4 is 27.6 Å². The lowest BCUT2D eigenvalue weighted by atomic mass is 9.93. The minimum atomic E-state index is -0.249. The first-order valence-electron chi connectivity index (χ1n) is 14.7. The van der Waals surface area contributed by atoms with E-state index in [1.165, 1.54) is 0 Å². The highest BCUT2D eigenvalue weighted by molar-refractivity contribution is 6.00. The standard InChI is InChI=1S/C35H37FN8/c1-21(35(2,3)4)39-26-15-24(17-37-18-26)29-9-10-30-33(41-29)34(43-42-30)31-16-27-28(19-38-20-32(27)40-31)23-12-22(13-25(36)14-23)8-7-11-44(5)6/h9-10,12-20,39-40H,1,7-8,11H2,2-6H3,(H,42,43). The van der Waals surface area contributed by atoms with Crippen molar-refractivity contribution < 1.29 is 4.39 Å². The highest BCUT2D eigenvalue weighted by Gasteiger charge is 2.18. The monoisotopic (exact) mass is 588 g/mol. The molecule has 5 heterocycles. The van der Waals surface area contributed by atoms with E-state index >= 15 is 0 Å². The molecular weight excluding hydrogens is 551 g/mol. The van der Waals surface area contributed by atoms with Crippen LogP contribution < -0.4 is 5.32 Å². The summed E-state index contributed by atoms with van der Waals surface area (Å²) in [4.78, 5) is 19.5. The Morgan fingerprint density at radius 2 is 1.77 bits per heavy atom. The van der Waals surface area contributed by atoms with Crippen molar-refractivity contribution in [1.29, 1.82) is 0 Å². The number of halogens is 1. The Bertz CT molecular complexity index is 1980. The van der Waals surface area contributed by atoms with Gasteiger partial charge in [0.1, 0.15) is 17.0 Å². The summed E-state index contributed by atoms with van der Waals surface area (Å²) >= 11 is 0. The number of nitrogens with zero attached hydrogens (tertiary/aromatic N) is 5. The van der Waals surface area contributed by atoms with E-state index in [0.29, 0.717) is 5.69 Å². The van der Waals surface area contributed by atoms with Gasteiger partial charge in [-0.2, -0.15) is 5.10 Å². The zero-order valence-electron chi connectivity index (χ0n) is 25.8. The SMILES string of the molecule is C=C(Nc1cncc(-c2ccc3[nH]nc(-c4cc5c(-c6cc(F)cc(CCCN(C)C)c6)cncc5[nH]4)c3n2)c1)C(C)(C)C. The zero-order valence-corrected chi connectivity index (χ0v) is 25.8. The Morgan fingerprint density at radius 3 is 2.57 bits per heavy atom. The average molecular weight is 589 g/mol. The van der Waals surface area contributed by atoms with Crippen LogP contribution in [0.15, 0.2) is 79.5 Å². The number of aromatic nitrogens is 6. The molecule has 3 N–H and O–H groups in total. The molecule has 224 valence electrons. The van der Waals surface area contributed by atoms with E-state index in [1.54, 1.807) is 36.9 Å². The number of hydrogen-bond acceptors (Lipinski definition) is 6. The third kappa shape index (κ3) is 6.09. The Balaban J connectivity index is 1.35. The maximum atomic E-state index is 14.7. The number of fused-ring (bicyclic) bond motifs is 2. The number of anilines is 1. The van der Waals surface area contributed by atoms with Crippen molar-refractivity contribution in [3.63, 3.8) is 0 Å². The summed E-state index contributed by atoms with van der Waals surface area (Å²) in [6, 6.07) is 13.2.